The summed E-state index contributed by atoms with van der Waals surface area (Å²) in [5.41, 5.74) is 0.546. The van der Waals surface area contributed by atoms with E-state index in [-0.39, 0.29) is 11.1 Å². The van der Waals surface area contributed by atoms with Crippen molar-refractivity contribution in [2.75, 3.05) is 18.6 Å². The molecular formula is C13H17FO2S2. The van der Waals surface area contributed by atoms with Gasteiger partial charge in [0.05, 0.1) is 13.2 Å². The molecule has 1 fully saturated rings. The molecule has 0 bridgehead atoms. The molecule has 0 amide bonds. The smallest absolute Gasteiger partial charge is 0.124 e. The van der Waals surface area contributed by atoms with Crippen molar-refractivity contribution in [3.8, 4) is 5.75 Å². The summed E-state index contributed by atoms with van der Waals surface area (Å²) in [5, 5.41) is 10.9. The van der Waals surface area contributed by atoms with Gasteiger partial charge in [-0.3, -0.25) is 0 Å². The minimum atomic E-state index is -0.691. The van der Waals surface area contributed by atoms with Crippen LogP contribution in [0.1, 0.15) is 18.6 Å². The second-order valence-corrected chi connectivity index (χ2v) is 7.01. The molecule has 3 unspecified atom stereocenters. The zero-order valence-corrected chi connectivity index (χ0v) is 12.1. The van der Waals surface area contributed by atoms with Gasteiger partial charge in [-0.25, -0.2) is 4.39 Å². The third-order valence-corrected chi connectivity index (χ3v) is 6.24. The van der Waals surface area contributed by atoms with E-state index in [2.05, 4.69) is 6.92 Å². The van der Waals surface area contributed by atoms with Crippen LogP contribution in [0.25, 0.3) is 0 Å². The quantitative estimate of drug-likeness (QED) is 0.925. The number of ether oxygens (including phenoxy) is 1. The number of methoxy groups -OCH3 is 1. The first-order valence-electron chi connectivity index (χ1n) is 5.88. The monoisotopic (exact) mass is 288 g/mol. The van der Waals surface area contributed by atoms with Crippen molar-refractivity contribution < 1.29 is 14.2 Å². The Morgan fingerprint density at radius 3 is 2.78 bits per heavy atom. The average Bonchev–Trinajstić information content (AvgIpc) is 2.38. The number of benzene rings is 1. The SMILES string of the molecule is COc1ccc(F)cc1C(O)C1SCCSC1C. The van der Waals surface area contributed by atoms with E-state index in [4.69, 9.17) is 4.74 Å². The largest absolute Gasteiger partial charge is 0.496 e. The van der Waals surface area contributed by atoms with Crippen molar-refractivity contribution in [1.82, 2.24) is 0 Å². The third-order valence-electron chi connectivity index (χ3n) is 3.06. The van der Waals surface area contributed by atoms with Crippen LogP contribution < -0.4 is 4.74 Å². The molecular weight excluding hydrogens is 271 g/mol. The molecule has 1 N–H and O–H groups in total. The van der Waals surface area contributed by atoms with Crippen LogP contribution in [0, 0.1) is 5.82 Å². The van der Waals surface area contributed by atoms with E-state index in [1.54, 1.807) is 17.8 Å². The van der Waals surface area contributed by atoms with Crippen LogP contribution in [0.4, 0.5) is 4.39 Å². The van der Waals surface area contributed by atoms with Gasteiger partial charge in [0.25, 0.3) is 0 Å². The standard InChI is InChI=1S/C13H17FO2S2/c1-8-13(18-6-5-17-8)12(15)10-7-9(14)3-4-11(10)16-2/h3-4,7-8,12-13,15H,5-6H2,1-2H3. The maximum Gasteiger partial charge on any atom is 0.124 e. The van der Waals surface area contributed by atoms with Gasteiger partial charge in [-0.05, 0) is 18.2 Å². The van der Waals surface area contributed by atoms with E-state index in [9.17, 15) is 9.50 Å². The van der Waals surface area contributed by atoms with Crippen molar-refractivity contribution in [1.29, 1.82) is 0 Å². The summed E-state index contributed by atoms with van der Waals surface area (Å²) in [6.45, 7) is 2.11. The first-order chi connectivity index (χ1) is 8.63. The summed E-state index contributed by atoms with van der Waals surface area (Å²) in [7, 11) is 1.54. The van der Waals surface area contributed by atoms with Crippen LogP contribution in [-0.2, 0) is 0 Å². The summed E-state index contributed by atoms with van der Waals surface area (Å²) in [6, 6.07) is 4.29. The van der Waals surface area contributed by atoms with Crippen LogP contribution in [0.15, 0.2) is 18.2 Å². The first kappa shape index (κ1) is 14.0. The van der Waals surface area contributed by atoms with Crippen molar-refractivity contribution in [2.24, 2.45) is 0 Å². The Kier molecular flexibility index (Phi) is 4.81. The van der Waals surface area contributed by atoms with Crippen molar-refractivity contribution in [3.63, 3.8) is 0 Å². The number of thioether (sulfide) groups is 2. The fourth-order valence-corrected chi connectivity index (χ4v) is 4.93. The molecule has 1 aliphatic rings. The lowest BCUT2D eigenvalue weighted by Crippen LogP contribution is -2.29. The van der Waals surface area contributed by atoms with Gasteiger partial charge in [-0.1, -0.05) is 6.92 Å². The predicted molar refractivity (Wildman–Crippen MR) is 76.1 cm³/mol. The lowest BCUT2D eigenvalue weighted by molar-refractivity contribution is 0.169. The van der Waals surface area contributed by atoms with Crippen LogP contribution in [0.3, 0.4) is 0 Å². The van der Waals surface area contributed by atoms with E-state index >= 15 is 0 Å². The molecule has 0 aromatic heterocycles. The van der Waals surface area contributed by atoms with E-state index < -0.39 is 6.10 Å². The van der Waals surface area contributed by atoms with Crippen LogP contribution >= 0.6 is 23.5 Å². The molecule has 0 radical (unpaired) electrons. The number of rotatable bonds is 3. The van der Waals surface area contributed by atoms with Crippen LogP contribution in [-0.4, -0.2) is 34.2 Å². The van der Waals surface area contributed by atoms with Crippen LogP contribution in [0.5, 0.6) is 5.75 Å². The average molecular weight is 288 g/mol. The Bertz CT molecular complexity index is 414. The highest BCUT2D eigenvalue weighted by atomic mass is 32.2. The van der Waals surface area contributed by atoms with Crippen molar-refractivity contribution >= 4 is 23.5 Å². The van der Waals surface area contributed by atoms with Gasteiger partial charge >= 0.3 is 0 Å². The molecule has 18 heavy (non-hydrogen) atoms. The molecule has 2 nitrogen and oxygen atoms in total. The summed E-state index contributed by atoms with van der Waals surface area (Å²) >= 11 is 3.60. The Morgan fingerprint density at radius 1 is 1.39 bits per heavy atom. The zero-order valence-electron chi connectivity index (χ0n) is 10.4. The highest BCUT2D eigenvalue weighted by Gasteiger charge is 2.31. The second-order valence-electron chi connectivity index (χ2n) is 4.24. The van der Waals surface area contributed by atoms with Gasteiger partial charge in [0.1, 0.15) is 11.6 Å². The predicted octanol–water partition coefficient (Wildman–Crippen LogP) is 3.10. The van der Waals surface area contributed by atoms with Gasteiger partial charge < -0.3 is 9.84 Å². The number of halogens is 1. The first-order valence-corrected chi connectivity index (χ1v) is 7.98. The zero-order chi connectivity index (χ0) is 13.1. The Labute approximate surface area is 115 Å². The molecule has 3 atom stereocenters. The molecule has 100 valence electrons. The second kappa shape index (κ2) is 6.17. The summed E-state index contributed by atoms with van der Waals surface area (Å²) < 4.78 is 18.5. The molecule has 1 aromatic carbocycles. The third kappa shape index (κ3) is 2.95. The molecule has 1 aromatic rings. The summed E-state index contributed by atoms with van der Waals surface area (Å²) in [6.07, 6.45) is -0.691. The van der Waals surface area contributed by atoms with E-state index in [1.807, 2.05) is 11.8 Å². The van der Waals surface area contributed by atoms with Crippen molar-refractivity contribution in [3.05, 3.63) is 29.6 Å². The maximum absolute atomic E-state index is 13.3. The topological polar surface area (TPSA) is 29.5 Å². The lowest BCUT2D eigenvalue weighted by atomic mass is 10.0. The number of hydrogen-bond donors (Lipinski definition) is 1. The molecule has 0 saturated carbocycles. The molecule has 1 heterocycles. The Morgan fingerprint density at radius 2 is 2.11 bits per heavy atom. The molecule has 0 aliphatic carbocycles. The number of aliphatic hydroxyl groups is 1. The molecule has 1 saturated heterocycles. The molecule has 5 heteroatoms. The summed E-state index contributed by atoms with van der Waals surface area (Å²) in [5.74, 6) is 2.34. The highest BCUT2D eigenvalue weighted by Crippen LogP contribution is 2.40. The van der Waals surface area contributed by atoms with Gasteiger partial charge in [0.15, 0.2) is 0 Å². The van der Waals surface area contributed by atoms with Gasteiger partial charge in [0, 0.05) is 27.6 Å². The molecule has 0 spiro atoms. The van der Waals surface area contributed by atoms with E-state index in [1.165, 1.54) is 19.2 Å². The summed E-state index contributed by atoms with van der Waals surface area (Å²) in [4.78, 5) is 0. The van der Waals surface area contributed by atoms with Gasteiger partial charge in [0.2, 0.25) is 0 Å². The van der Waals surface area contributed by atoms with Gasteiger partial charge in [-0.2, -0.15) is 23.5 Å². The number of hydrogen-bond acceptors (Lipinski definition) is 4. The van der Waals surface area contributed by atoms with Crippen molar-refractivity contribution in [2.45, 2.75) is 23.5 Å². The Balaban J connectivity index is 2.26. The minimum absolute atomic E-state index is 0.0828. The highest BCUT2D eigenvalue weighted by molar-refractivity contribution is 8.07. The fraction of sp³-hybridized carbons (Fsp3) is 0.538. The van der Waals surface area contributed by atoms with E-state index in [0.29, 0.717) is 16.6 Å². The van der Waals surface area contributed by atoms with Gasteiger partial charge in [-0.15, -0.1) is 0 Å². The maximum atomic E-state index is 13.3. The lowest BCUT2D eigenvalue weighted by Gasteiger charge is -2.32. The fourth-order valence-electron chi connectivity index (χ4n) is 2.11. The van der Waals surface area contributed by atoms with E-state index in [0.717, 1.165) is 11.5 Å². The Hall–Kier alpha value is -0.390. The normalized spacial score (nSPS) is 25.8. The molecule has 2 rings (SSSR count). The number of aliphatic hydroxyl groups excluding tert-OH is 1. The molecule has 1 aliphatic heterocycles. The minimum Gasteiger partial charge on any atom is -0.496 e. The van der Waals surface area contributed by atoms with Crippen LogP contribution in [0.2, 0.25) is 0 Å².